The Kier molecular flexibility index (Phi) is 5.12. The third kappa shape index (κ3) is 3.81. The maximum atomic E-state index is 11.9. The van der Waals surface area contributed by atoms with Crippen molar-refractivity contribution in [1.82, 2.24) is 10.3 Å². The van der Waals surface area contributed by atoms with Crippen molar-refractivity contribution in [2.45, 2.75) is 13.3 Å². The van der Waals surface area contributed by atoms with Crippen LogP contribution < -0.4 is 10.2 Å². The van der Waals surface area contributed by atoms with Crippen LogP contribution in [0.15, 0.2) is 36.5 Å². The maximum absolute atomic E-state index is 11.9. The van der Waals surface area contributed by atoms with E-state index in [0.29, 0.717) is 11.4 Å². The molecule has 1 amide bonds. The number of rotatable bonds is 6. The first-order chi connectivity index (χ1) is 9.70. The van der Waals surface area contributed by atoms with Crippen molar-refractivity contribution in [2.24, 2.45) is 0 Å². The lowest BCUT2D eigenvalue weighted by atomic mass is 10.3. The summed E-state index contributed by atoms with van der Waals surface area (Å²) in [6.07, 6.45) is 2.52. The van der Waals surface area contributed by atoms with Crippen LogP contribution in [-0.4, -0.2) is 31.0 Å². The number of hydrogen-bond acceptors (Lipinski definition) is 4. The zero-order chi connectivity index (χ0) is 14.4. The van der Waals surface area contributed by atoms with Crippen LogP contribution in [0.3, 0.4) is 0 Å². The van der Waals surface area contributed by atoms with Crippen molar-refractivity contribution in [3.05, 3.63) is 46.4 Å². The summed E-state index contributed by atoms with van der Waals surface area (Å²) in [6, 6.07) is 10.1. The number of likely N-dealkylation sites (N-methyl/N-ethyl adjacent to an activating group) is 1. The molecule has 0 aliphatic heterocycles. The third-order valence-electron chi connectivity index (χ3n) is 3.01. The van der Waals surface area contributed by atoms with Crippen molar-refractivity contribution in [3.8, 4) is 0 Å². The second kappa shape index (κ2) is 7.05. The van der Waals surface area contributed by atoms with Crippen molar-refractivity contribution in [2.75, 3.05) is 25.0 Å². The Bertz CT molecular complexity index is 553. The van der Waals surface area contributed by atoms with E-state index in [9.17, 15) is 4.79 Å². The van der Waals surface area contributed by atoms with Gasteiger partial charge in [-0.3, -0.25) is 4.79 Å². The van der Waals surface area contributed by atoms with Crippen molar-refractivity contribution < 1.29 is 4.79 Å². The van der Waals surface area contributed by atoms with Crippen LogP contribution in [0.4, 0.5) is 5.69 Å². The van der Waals surface area contributed by atoms with E-state index in [2.05, 4.69) is 27.3 Å². The average molecular weight is 289 g/mol. The fraction of sp³-hybridized carbons (Fsp3) is 0.333. The van der Waals surface area contributed by atoms with Gasteiger partial charge in [-0.05, 0) is 18.6 Å². The molecule has 1 N–H and O–H groups in total. The summed E-state index contributed by atoms with van der Waals surface area (Å²) in [5.74, 6) is -0.0383. The summed E-state index contributed by atoms with van der Waals surface area (Å²) in [5, 5.41) is 3.92. The highest BCUT2D eigenvalue weighted by molar-refractivity contribution is 7.13. The molecule has 4 nitrogen and oxygen atoms in total. The van der Waals surface area contributed by atoms with Crippen LogP contribution in [0.1, 0.15) is 21.6 Å². The Labute approximate surface area is 123 Å². The second-order valence-corrected chi connectivity index (χ2v) is 5.60. The number of nitrogens with one attached hydrogen (secondary N) is 1. The topological polar surface area (TPSA) is 45.2 Å². The lowest BCUT2D eigenvalue weighted by Crippen LogP contribution is -2.32. The number of carbonyl (C=O) groups is 1. The molecule has 106 valence electrons. The predicted octanol–water partition coefficient (Wildman–Crippen LogP) is 2.57. The highest BCUT2D eigenvalue weighted by atomic mass is 32.1. The minimum Gasteiger partial charge on any atom is -0.373 e. The predicted molar refractivity (Wildman–Crippen MR) is 83.5 cm³/mol. The van der Waals surface area contributed by atoms with Gasteiger partial charge >= 0.3 is 0 Å². The first-order valence-electron chi connectivity index (χ1n) is 6.69. The first kappa shape index (κ1) is 14.5. The van der Waals surface area contributed by atoms with E-state index in [-0.39, 0.29) is 5.91 Å². The van der Waals surface area contributed by atoms with E-state index >= 15 is 0 Å². The van der Waals surface area contributed by atoms with Crippen LogP contribution in [0.25, 0.3) is 0 Å². The number of nitrogens with zero attached hydrogens (tertiary/aromatic N) is 2. The van der Waals surface area contributed by atoms with Gasteiger partial charge in [0.25, 0.3) is 5.91 Å². The molecule has 0 radical (unpaired) electrons. The molecule has 1 heterocycles. The molecule has 20 heavy (non-hydrogen) atoms. The number of benzene rings is 1. The van der Waals surface area contributed by atoms with Gasteiger partial charge in [0.15, 0.2) is 0 Å². The van der Waals surface area contributed by atoms with Gasteiger partial charge in [-0.1, -0.05) is 25.1 Å². The van der Waals surface area contributed by atoms with Gasteiger partial charge in [-0.2, -0.15) is 0 Å². The van der Waals surface area contributed by atoms with Crippen LogP contribution in [0, 0.1) is 0 Å². The summed E-state index contributed by atoms with van der Waals surface area (Å²) in [7, 11) is 2.02. The van der Waals surface area contributed by atoms with E-state index in [1.807, 2.05) is 32.2 Å². The maximum Gasteiger partial charge on any atom is 0.263 e. The number of para-hydroxylation sites is 1. The van der Waals surface area contributed by atoms with Gasteiger partial charge in [0.05, 0.1) is 11.2 Å². The van der Waals surface area contributed by atoms with Gasteiger partial charge in [0.1, 0.15) is 4.88 Å². The highest BCUT2D eigenvalue weighted by Gasteiger charge is 2.09. The number of aromatic nitrogens is 1. The molecule has 0 fully saturated rings. The molecule has 0 saturated carbocycles. The van der Waals surface area contributed by atoms with Gasteiger partial charge in [-0.25, -0.2) is 4.98 Å². The summed E-state index contributed by atoms with van der Waals surface area (Å²) in [5.41, 5.74) is 1.15. The summed E-state index contributed by atoms with van der Waals surface area (Å²) in [4.78, 5) is 18.9. The number of hydrogen-bond donors (Lipinski definition) is 1. The Morgan fingerprint density at radius 3 is 2.75 bits per heavy atom. The molecule has 0 bridgehead atoms. The molecular weight excluding hydrogens is 270 g/mol. The third-order valence-corrected chi connectivity index (χ3v) is 4.15. The number of aryl methyl sites for hydroxylation is 1. The summed E-state index contributed by atoms with van der Waals surface area (Å²) < 4.78 is 0. The van der Waals surface area contributed by atoms with Gasteiger partial charge in [-0.15, -0.1) is 11.3 Å². The standard InChI is InChI=1S/C15H19N3OS/c1-3-14-17-11-13(20-14)15(19)16-9-10-18(2)12-7-5-4-6-8-12/h4-8,11H,3,9-10H2,1-2H3,(H,16,19). The Morgan fingerprint density at radius 1 is 1.35 bits per heavy atom. The van der Waals surface area contributed by atoms with E-state index in [1.54, 1.807) is 6.20 Å². The number of thiazole rings is 1. The Morgan fingerprint density at radius 2 is 2.10 bits per heavy atom. The van der Waals surface area contributed by atoms with E-state index < -0.39 is 0 Å². The zero-order valence-corrected chi connectivity index (χ0v) is 12.6. The highest BCUT2D eigenvalue weighted by Crippen LogP contribution is 2.13. The molecule has 2 rings (SSSR count). The number of amides is 1. The van der Waals surface area contributed by atoms with Crippen LogP contribution in [0.5, 0.6) is 0 Å². The molecule has 0 atom stereocenters. The molecule has 0 aliphatic rings. The summed E-state index contributed by atoms with van der Waals surface area (Å²) in [6.45, 7) is 3.42. The first-order valence-corrected chi connectivity index (χ1v) is 7.51. The van der Waals surface area contributed by atoms with E-state index in [4.69, 9.17) is 0 Å². The Balaban J connectivity index is 1.79. The van der Waals surface area contributed by atoms with E-state index in [0.717, 1.165) is 23.7 Å². The van der Waals surface area contributed by atoms with Crippen molar-refractivity contribution in [3.63, 3.8) is 0 Å². The molecule has 2 aromatic rings. The molecule has 5 heteroatoms. The average Bonchev–Trinajstić information content (AvgIpc) is 2.97. The zero-order valence-electron chi connectivity index (χ0n) is 11.8. The minimum absolute atomic E-state index is 0.0383. The molecule has 0 aliphatic carbocycles. The monoisotopic (exact) mass is 289 g/mol. The number of carbonyl (C=O) groups excluding carboxylic acids is 1. The lowest BCUT2D eigenvalue weighted by molar-refractivity contribution is 0.0958. The molecule has 0 unspecified atom stereocenters. The fourth-order valence-electron chi connectivity index (χ4n) is 1.81. The van der Waals surface area contributed by atoms with Crippen LogP contribution >= 0.6 is 11.3 Å². The molecule has 1 aromatic carbocycles. The quantitative estimate of drug-likeness (QED) is 0.889. The van der Waals surface area contributed by atoms with Gasteiger partial charge in [0.2, 0.25) is 0 Å². The summed E-state index contributed by atoms with van der Waals surface area (Å²) >= 11 is 1.46. The van der Waals surface area contributed by atoms with Crippen LogP contribution in [-0.2, 0) is 6.42 Å². The minimum atomic E-state index is -0.0383. The Hall–Kier alpha value is -1.88. The smallest absolute Gasteiger partial charge is 0.263 e. The van der Waals surface area contributed by atoms with Gasteiger partial charge < -0.3 is 10.2 Å². The molecule has 0 spiro atoms. The molecular formula is C15H19N3OS. The van der Waals surface area contributed by atoms with Gasteiger partial charge in [0, 0.05) is 25.8 Å². The SMILES string of the molecule is CCc1ncc(C(=O)NCCN(C)c2ccccc2)s1. The van der Waals surface area contributed by atoms with Crippen LogP contribution in [0.2, 0.25) is 0 Å². The number of anilines is 1. The lowest BCUT2D eigenvalue weighted by Gasteiger charge is -2.19. The van der Waals surface area contributed by atoms with Crippen molar-refractivity contribution >= 4 is 22.9 Å². The van der Waals surface area contributed by atoms with Crippen molar-refractivity contribution in [1.29, 1.82) is 0 Å². The largest absolute Gasteiger partial charge is 0.373 e. The fourth-order valence-corrected chi connectivity index (χ4v) is 2.59. The van der Waals surface area contributed by atoms with E-state index in [1.165, 1.54) is 11.3 Å². The molecule has 1 aromatic heterocycles. The second-order valence-electron chi connectivity index (χ2n) is 4.48. The normalized spacial score (nSPS) is 10.3. The molecule has 0 saturated heterocycles.